The second kappa shape index (κ2) is 8.85. The number of ether oxygens (including phenoxy) is 1. The third-order valence-corrected chi connectivity index (χ3v) is 4.87. The molecular weight excluding hydrogens is 288 g/mol. The zero-order chi connectivity index (χ0) is 16.5. The Bertz CT molecular complexity index is 501. The number of hydrogen-bond acceptors (Lipinski definition) is 3. The van der Waals surface area contributed by atoms with Crippen LogP contribution in [0.4, 0.5) is 0 Å². The number of hydrogen-bond donors (Lipinski definition) is 0. The topological polar surface area (TPSA) is 43.4 Å². The summed E-state index contributed by atoms with van der Waals surface area (Å²) in [6.07, 6.45) is 9.13. The summed E-state index contributed by atoms with van der Waals surface area (Å²) in [4.78, 5) is 24.8. The van der Waals surface area contributed by atoms with Crippen molar-refractivity contribution >= 4 is 11.9 Å². The maximum Gasteiger partial charge on any atom is 0.324 e. The first-order valence-electron chi connectivity index (χ1n) is 8.99. The quantitative estimate of drug-likeness (QED) is 0.407. The minimum absolute atomic E-state index is 0.344. The van der Waals surface area contributed by atoms with Gasteiger partial charge in [-0.1, -0.05) is 75.8 Å². The van der Waals surface area contributed by atoms with Crippen LogP contribution in [-0.2, 0) is 19.7 Å². The molecule has 0 bridgehead atoms. The van der Waals surface area contributed by atoms with Crippen molar-refractivity contribution in [3.05, 3.63) is 35.9 Å². The lowest BCUT2D eigenvalue weighted by Gasteiger charge is -2.35. The number of carbonyl (C=O) groups excluding carboxylic acids is 2. The lowest BCUT2D eigenvalue weighted by Crippen LogP contribution is -2.40. The minimum atomic E-state index is -0.626. The van der Waals surface area contributed by atoms with E-state index in [9.17, 15) is 9.59 Å². The highest BCUT2D eigenvalue weighted by Crippen LogP contribution is 2.40. The lowest BCUT2D eigenvalue weighted by molar-refractivity contribution is -0.165. The van der Waals surface area contributed by atoms with Gasteiger partial charge in [0, 0.05) is 6.42 Å². The van der Waals surface area contributed by atoms with Crippen molar-refractivity contribution in [3.63, 3.8) is 0 Å². The Morgan fingerprint density at radius 3 is 2.35 bits per heavy atom. The zero-order valence-electron chi connectivity index (χ0n) is 14.2. The van der Waals surface area contributed by atoms with Crippen LogP contribution in [0.15, 0.2) is 30.3 Å². The van der Waals surface area contributed by atoms with Gasteiger partial charge in [-0.25, -0.2) is 0 Å². The summed E-state index contributed by atoms with van der Waals surface area (Å²) in [5.74, 6) is -0.712. The molecule has 0 saturated heterocycles. The molecule has 1 aliphatic carbocycles. The molecule has 1 aromatic carbocycles. The maximum atomic E-state index is 12.8. The molecule has 0 aliphatic heterocycles. The first-order valence-corrected chi connectivity index (χ1v) is 8.99. The Morgan fingerprint density at radius 1 is 1.00 bits per heavy atom. The normalized spacial score (nSPS) is 16.7. The van der Waals surface area contributed by atoms with Crippen molar-refractivity contribution in [1.82, 2.24) is 0 Å². The van der Waals surface area contributed by atoms with E-state index in [4.69, 9.17) is 4.74 Å². The van der Waals surface area contributed by atoms with Gasteiger partial charge in [0.2, 0.25) is 0 Å². The van der Waals surface area contributed by atoms with Gasteiger partial charge in [-0.3, -0.25) is 9.59 Å². The molecule has 0 radical (unpaired) electrons. The summed E-state index contributed by atoms with van der Waals surface area (Å²) in [6.45, 7) is 2.13. The monoisotopic (exact) mass is 316 g/mol. The van der Waals surface area contributed by atoms with Gasteiger partial charge >= 0.3 is 11.9 Å². The Balaban J connectivity index is 2.02. The SMILES string of the molecule is CCCCCCC(=O)OC(=O)C1(c2ccccc2)CCCCC1. The van der Waals surface area contributed by atoms with Crippen LogP contribution in [0.25, 0.3) is 0 Å². The highest BCUT2D eigenvalue weighted by molar-refractivity contribution is 5.92. The molecule has 3 heteroatoms. The Kier molecular flexibility index (Phi) is 6.82. The third-order valence-electron chi connectivity index (χ3n) is 4.87. The first-order chi connectivity index (χ1) is 11.2. The molecule has 1 aromatic rings. The Morgan fingerprint density at radius 2 is 1.70 bits per heavy atom. The predicted molar refractivity (Wildman–Crippen MR) is 91.1 cm³/mol. The average Bonchev–Trinajstić information content (AvgIpc) is 2.60. The van der Waals surface area contributed by atoms with E-state index in [-0.39, 0.29) is 11.9 Å². The van der Waals surface area contributed by atoms with Crippen molar-refractivity contribution in [3.8, 4) is 0 Å². The van der Waals surface area contributed by atoms with E-state index in [1.54, 1.807) is 0 Å². The van der Waals surface area contributed by atoms with E-state index >= 15 is 0 Å². The van der Waals surface area contributed by atoms with E-state index in [1.165, 1.54) is 0 Å². The Hall–Kier alpha value is -1.64. The molecule has 0 spiro atoms. The van der Waals surface area contributed by atoms with Crippen LogP contribution in [0, 0.1) is 0 Å². The van der Waals surface area contributed by atoms with Crippen molar-refractivity contribution in [1.29, 1.82) is 0 Å². The summed E-state index contributed by atoms with van der Waals surface area (Å²) >= 11 is 0. The van der Waals surface area contributed by atoms with Gasteiger partial charge in [-0.15, -0.1) is 0 Å². The van der Waals surface area contributed by atoms with Crippen LogP contribution >= 0.6 is 0 Å². The smallest absolute Gasteiger partial charge is 0.324 e. The molecule has 1 fully saturated rings. The molecular formula is C20H28O3. The van der Waals surface area contributed by atoms with E-state index in [1.807, 2.05) is 30.3 Å². The largest absolute Gasteiger partial charge is 0.392 e. The second-order valence-corrected chi connectivity index (χ2v) is 6.58. The molecule has 0 heterocycles. The number of rotatable bonds is 7. The molecule has 0 N–H and O–H groups in total. The van der Waals surface area contributed by atoms with Crippen LogP contribution in [0.3, 0.4) is 0 Å². The third kappa shape index (κ3) is 4.66. The predicted octanol–water partition coefficient (Wildman–Crippen LogP) is 4.93. The van der Waals surface area contributed by atoms with Gasteiger partial charge in [0.15, 0.2) is 0 Å². The minimum Gasteiger partial charge on any atom is -0.392 e. The number of benzene rings is 1. The lowest BCUT2D eigenvalue weighted by atomic mass is 9.69. The van der Waals surface area contributed by atoms with Gasteiger partial charge in [0.1, 0.15) is 0 Å². The molecule has 23 heavy (non-hydrogen) atoms. The highest BCUT2D eigenvalue weighted by atomic mass is 16.6. The van der Waals surface area contributed by atoms with E-state index < -0.39 is 5.41 Å². The van der Waals surface area contributed by atoms with Crippen LogP contribution in [0.2, 0.25) is 0 Å². The van der Waals surface area contributed by atoms with Crippen molar-refractivity contribution in [2.45, 2.75) is 76.5 Å². The average molecular weight is 316 g/mol. The molecule has 0 atom stereocenters. The molecule has 0 amide bonds. The van der Waals surface area contributed by atoms with E-state index in [2.05, 4.69) is 6.92 Å². The fourth-order valence-corrected chi connectivity index (χ4v) is 3.47. The number of esters is 2. The van der Waals surface area contributed by atoms with Gasteiger partial charge in [-0.2, -0.15) is 0 Å². The Labute approximate surface area is 139 Å². The summed E-state index contributed by atoms with van der Waals surface area (Å²) in [7, 11) is 0. The highest BCUT2D eigenvalue weighted by Gasteiger charge is 2.43. The summed E-state index contributed by atoms with van der Waals surface area (Å²) in [5, 5.41) is 0. The fourth-order valence-electron chi connectivity index (χ4n) is 3.47. The molecule has 126 valence electrons. The van der Waals surface area contributed by atoms with Gasteiger partial charge < -0.3 is 4.74 Å². The van der Waals surface area contributed by atoms with Crippen LogP contribution in [0.5, 0.6) is 0 Å². The van der Waals surface area contributed by atoms with Gasteiger partial charge in [0.05, 0.1) is 5.41 Å². The second-order valence-electron chi connectivity index (χ2n) is 6.58. The van der Waals surface area contributed by atoms with Gasteiger partial charge in [-0.05, 0) is 24.8 Å². The van der Waals surface area contributed by atoms with Gasteiger partial charge in [0.25, 0.3) is 0 Å². The summed E-state index contributed by atoms with van der Waals surface area (Å²) in [5.41, 5.74) is 0.363. The standard InChI is InChI=1S/C20H28O3/c1-2-3-4-9-14-18(21)23-19(22)20(15-10-6-11-16-20)17-12-7-5-8-13-17/h5,7-8,12-13H,2-4,6,9-11,14-16H2,1H3. The van der Waals surface area contributed by atoms with Crippen molar-refractivity contribution in [2.75, 3.05) is 0 Å². The maximum absolute atomic E-state index is 12.8. The number of carbonyl (C=O) groups is 2. The molecule has 0 unspecified atom stereocenters. The fraction of sp³-hybridized carbons (Fsp3) is 0.600. The van der Waals surface area contributed by atoms with Crippen LogP contribution in [-0.4, -0.2) is 11.9 Å². The number of unbranched alkanes of at least 4 members (excludes halogenated alkanes) is 3. The molecule has 3 nitrogen and oxygen atoms in total. The zero-order valence-corrected chi connectivity index (χ0v) is 14.2. The molecule has 1 saturated carbocycles. The van der Waals surface area contributed by atoms with E-state index in [0.717, 1.165) is 63.4 Å². The summed E-state index contributed by atoms with van der Waals surface area (Å²) < 4.78 is 5.25. The molecule has 1 aliphatic rings. The van der Waals surface area contributed by atoms with E-state index in [0.29, 0.717) is 6.42 Å². The first kappa shape index (κ1) is 17.7. The van der Waals surface area contributed by atoms with Crippen molar-refractivity contribution < 1.29 is 14.3 Å². The van der Waals surface area contributed by atoms with Crippen LogP contribution < -0.4 is 0 Å². The summed E-state index contributed by atoms with van der Waals surface area (Å²) in [6, 6.07) is 9.82. The van der Waals surface area contributed by atoms with Crippen LogP contribution in [0.1, 0.15) is 76.7 Å². The van der Waals surface area contributed by atoms with Crippen molar-refractivity contribution in [2.24, 2.45) is 0 Å². The molecule has 2 rings (SSSR count). The molecule has 0 aromatic heterocycles.